The van der Waals surface area contributed by atoms with Gasteiger partial charge < -0.3 is 24.2 Å². The van der Waals surface area contributed by atoms with E-state index in [4.69, 9.17) is 4.84 Å². The van der Waals surface area contributed by atoms with Crippen molar-refractivity contribution in [1.29, 1.82) is 0 Å². The smallest absolute Gasteiger partial charge is 0.324 e. The van der Waals surface area contributed by atoms with Crippen LogP contribution in [0.25, 0.3) is 0 Å². The first kappa shape index (κ1) is 30.3. The Morgan fingerprint density at radius 2 is 1.00 bits per heavy atom. The third-order valence-electron chi connectivity index (χ3n) is 6.39. The monoisotopic (exact) mass is 527 g/mol. The van der Waals surface area contributed by atoms with E-state index in [2.05, 4.69) is 19.4 Å². The van der Waals surface area contributed by atoms with Gasteiger partial charge in [0.15, 0.2) is 0 Å². The van der Waals surface area contributed by atoms with Gasteiger partial charge in [-0.25, -0.2) is 0 Å². The largest absolute Gasteiger partial charge is 0.367 e. The molecule has 0 spiro atoms. The summed E-state index contributed by atoms with van der Waals surface area (Å²) >= 11 is 0. The van der Waals surface area contributed by atoms with Crippen molar-refractivity contribution >= 4 is 5.97 Å². The molecule has 0 aliphatic carbocycles. The van der Waals surface area contributed by atoms with E-state index in [0.717, 1.165) is 0 Å². The third kappa shape index (κ3) is 7.62. The van der Waals surface area contributed by atoms with Gasteiger partial charge in [-0.05, 0) is 39.5 Å². The van der Waals surface area contributed by atoms with E-state index in [1.807, 2.05) is 0 Å². The Labute approximate surface area is 203 Å². The molecule has 1 saturated heterocycles. The zero-order valence-electron chi connectivity index (χ0n) is 20.3. The van der Waals surface area contributed by atoms with Crippen molar-refractivity contribution in [3.8, 4) is 0 Å². The molecule has 0 bridgehead atoms. The van der Waals surface area contributed by atoms with Gasteiger partial charge in [-0.15, -0.1) is 45.5 Å². The minimum absolute atomic E-state index is 0.0868. The number of carbonyl (C=O) groups is 1. The summed E-state index contributed by atoms with van der Waals surface area (Å²) in [4.78, 5) is 80.2. The molecule has 4 atom stereocenters. The lowest BCUT2D eigenvalue weighted by molar-refractivity contribution is -0.768. The molecule has 0 amide bonds. The number of carbonyl (C=O) groups excluding carboxylic acids is 1. The Balaban J connectivity index is 3.84. The third-order valence-corrected chi connectivity index (χ3v) is 6.39. The van der Waals surface area contributed by atoms with Gasteiger partial charge in [-0.2, -0.15) is 0 Å². The highest BCUT2D eigenvalue weighted by atomic mass is 17.0. The first-order valence-corrected chi connectivity index (χ1v) is 10.7. The van der Waals surface area contributed by atoms with Gasteiger partial charge in [0.1, 0.15) is 26.4 Å². The normalized spacial score (nSPS) is 25.0. The molecule has 0 aromatic carbocycles. The number of rotatable bonds is 14. The maximum atomic E-state index is 12.3. The summed E-state index contributed by atoms with van der Waals surface area (Å²) in [5.74, 6) is -5.30. The van der Waals surface area contributed by atoms with Crippen molar-refractivity contribution in [1.82, 2.24) is 5.06 Å². The summed E-state index contributed by atoms with van der Waals surface area (Å²) < 4.78 is 0. The lowest BCUT2D eigenvalue weighted by Crippen LogP contribution is -2.61. The number of hydrogen-bond acceptors (Lipinski definition) is 15. The van der Waals surface area contributed by atoms with Gasteiger partial charge in [-0.3, -0.25) is 4.79 Å². The van der Waals surface area contributed by atoms with E-state index < -0.39 is 87.5 Å². The Hall–Kier alpha value is -3.77. The molecule has 19 nitrogen and oxygen atoms in total. The van der Waals surface area contributed by atoms with Crippen LogP contribution in [-0.4, -0.2) is 68.9 Å². The average Bonchev–Trinajstić information content (AvgIpc) is 2.79. The standard InChI is InChI=1S/C17H29N5O14/c1-6-15(23)36-18-16(2,3)13(9-34-21(28)29)11(7-32-19(24)25)12(8-33-20(26)27)14(17(18,4)5)10-35-22(30)31/h11-14H,6-10H2,1-5H3. The quantitative estimate of drug-likeness (QED) is 0.226. The van der Waals surface area contributed by atoms with Crippen LogP contribution in [0.5, 0.6) is 0 Å². The summed E-state index contributed by atoms with van der Waals surface area (Å²) in [6.45, 7) is 4.66. The lowest BCUT2D eigenvalue weighted by Gasteiger charge is -2.49. The molecular formula is C17H29N5O14. The minimum atomic E-state index is -1.40. The van der Waals surface area contributed by atoms with E-state index >= 15 is 0 Å². The maximum absolute atomic E-state index is 12.3. The van der Waals surface area contributed by atoms with Gasteiger partial charge in [0.05, 0.1) is 11.1 Å². The molecule has 1 aliphatic heterocycles. The number of hydrogen-bond donors (Lipinski definition) is 0. The Morgan fingerprint density at radius 1 is 0.694 bits per heavy atom. The molecule has 0 N–H and O–H groups in total. The van der Waals surface area contributed by atoms with Gasteiger partial charge >= 0.3 is 5.97 Å². The second-order valence-corrected chi connectivity index (χ2v) is 9.04. The van der Waals surface area contributed by atoms with E-state index in [1.165, 1.54) is 39.7 Å². The van der Waals surface area contributed by atoms with Crippen molar-refractivity contribution in [3.63, 3.8) is 0 Å². The molecule has 0 saturated carbocycles. The predicted octanol–water partition coefficient (Wildman–Crippen LogP) is 1.03. The summed E-state index contributed by atoms with van der Waals surface area (Å²) in [5, 5.41) is 40.8. The molecular weight excluding hydrogens is 498 g/mol. The fraction of sp³-hybridized carbons (Fsp3) is 0.941. The van der Waals surface area contributed by atoms with Crippen molar-refractivity contribution < 1.29 is 49.3 Å². The number of hydroxylamine groups is 2. The van der Waals surface area contributed by atoms with Crippen LogP contribution in [0, 0.1) is 64.1 Å². The second kappa shape index (κ2) is 12.3. The fourth-order valence-electron chi connectivity index (χ4n) is 4.80. The van der Waals surface area contributed by atoms with Crippen molar-refractivity contribution in [2.75, 3.05) is 26.4 Å². The zero-order valence-corrected chi connectivity index (χ0v) is 20.3. The topological polar surface area (TPSA) is 239 Å². The van der Waals surface area contributed by atoms with Crippen LogP contribution in [-0.2, 0) is 29.0 Å². The van der Waals surface area contributed by atoms with Gasteiger partial charge in [0.25, 0.3) is 20.3 Å². The molecule has 206 valence electrons. The van der Waals surface area contributed by atoms with Crippen LogP contribution in [0.2, 0.25) is 0 Å². The summed E-state index contributed by atoms with van der Waals surface area (Å²) in [5.41, 5.74) is -2.80. The summed E-state index contributed by atoms with van der Waals surface area (Å²) in [7, 11) is 0. The molecule has 1 fully saturated rings. The highest BCUT2D eigenvalue weighted by Crippen LogP contribution is 2.49. The first-order chi connectivity index (χ1) is 16.5. The predicted molar refractivity (Wildman–Crippen MR) is 112 cm³/mol. The van der Waals surface area contributed by atoms with Crippen LogP contribution >= 0.6 is 0 Å². The van der Waals surface area contributed by atoms with E-state index in [1.54, 1.807) is 0 Å². The van der Waals surface area contributed by atoms with Crippen molar-refractivity contribution in [3.05, 3.63) is 40.5 Å². The number of nitrogens with zero attached hydrogens (tertiary/aromatic N) is 5. The molecule has 0 aromatic rings. The van der Waals surface area contributed by atoms with E-state index in [0.29, 0.717) is 0 Å². The van der Waals surface area contributed by atoms with Crippen LogP contribution in [0.3, 0.4) is 0 Å². The molecule has 1 aliphatic rings. The summed E-state index contributed by atoms with van der Waals surface area (Å²) in [6, 6.07) is 0. The first-order valence-electron chi connectivity index (χ1n) is 10.7. The van der Waals surface area contributed by atoms with E-state index in [-0.39, 0.29) is 6.42 Å². The van der Waals surface area contributed by atoms with Crippen LogP contribution in [0.4, 0.5) is 0 Å². The highest BCUT2D eigenvalue weighted by Gasteiger charge is 2.59. The second-order valence-electron chi connectivity index (χ2n) is 9.04. The lowest BCUT2D eigenvalue weighted by atomic mass is 9.69. The fourth-order valence-corrected chi connectivity index (χ4v) is 4.80. The van der Waals surface area contributed by atoms with Crippen molar-refractivity contribution in [2.24, 2.45) is 23.7 Å². The minimum Gasteiger partial charge on any atom is -0.367 e. The van der Waals surface area contributed by atoms with Gasteiger partial charge in [0, 0.05) is 18.3 Å². The van der Waals surface area contributed by atoms with Gasteiger partial charge in [0.2, 0.25) is 0 Å². The Kier molecular flexibility index (Phi) is 10.3. The maximum Gasteiger partial charge on any atom is 0.324 e. The summed E-state index contributed by atoms with van der Waals surface area (Å²) in [6.07, 6.45) is -0.0868. The molecule has 36 heavy (non-hydrogen) atoms. The van der Waals surface area contributed by atoms with Crippen LogP contribution in [0.1, 0.15) is 41.0 Å². The Morgan fingerprint density at radius 3 is 1.28 bits per heavy atom. The molecule has 19 heteroatoms. The molecule has 4 unspecified atom stereocenters. The van der Waals surface area contributed by atoms with Crippen LogP contribution in [0.15, 0.2) is 0 Å². The molecule has 1 heterocycles. The van der Waals surface area contributed by atoms with Crippen LogP contribution < -0.4 is 0 Å². The van der Waals surface area contributed by atoms with Gasteiger partial charge in [-0.1, -0.05) is 6.92 Å². The molecule has 1 rings (SSSR count). The van der Waals surface area contributed by atoms with E-state index in [9.17, 15) is 45.3 Å². The highest BCUT2D eigenvalue weighted by molar-refractivity contribution is 5.68. The molecule has 0 radical (unpaired) electrons. The zero-order chi connectivity index (χ0) is 27.8. The Bertz CT molecular complexity index is 779. The molecule has 0 aromatic heterocycles. The average molecular weight is 527 g/mol. The SMILES string of the molecule is CCC(=O)ON1C(C)(C)C(CO[N+](=O)[O-])C(CO[N+](=O)[O-])C(CO[N+](=O)[O-])C(CO[N+](=O)[O-])C1(C)C. The van der Waals surface area contributed by atoms with Crippen molar-refractivity contribution in [2.45, 2.75) is 52.1 Å².